The van der Waals surface area contributed by atoms with E-state index in [1.807, 2.05) is 0 Å². The Balaban J connectivity index is 2.01. The Bertz CT molecular complexity index is 293. The van der Waals surface area contributed by atoms with Gasteiger partial charge in [-0.05, 0) is 19.3 Å². The first kappa shape index (κ1) is 16.9. The summed E-state index contributed by atoms with van der Waals surface area (Å²) >= 11 is 0. The minimum absolute atomic E-state index is 0.163. The molecule has 1 heterocycles. The van der Waals surface area contributed by atoms with E-state index in [0.717, 1.165) is 52.1 Å². The number of hydrogen-bond donors (Lipinski definition) is 3. The quantitative estimate of drug-likeness (QED) is 0.382. The number of rotatable bonds is 8. The first-order chi connectivity index (χ1) is 9.74. The maximum Gasteiger partial charge on any atom is 0.309 e. The molecule has 7 heteroatoms. The molecule has 0 aromatic rings. The van der Waals surface area contributed by atoms with Crippen LogP contribution in [0.15, 0.2) is 0 Å². The predicted molar refractivity (Wildman–Crippen MR) is 74.2 cm³/mol. The van der Waals surface area contributed by atoms with Crippen molar-refractivity contribution in [2.45, 2.75) is 19.3 Å². The highest BCUT2D eigenvalue weighted by atomic mass is 16.5. The summed E-state index contributed by atoms with van der Waals surface area (Å²) in [5, 5.41) is 13.8. The minimum atomic E-state index is -0.587. The first-order valence-corrected chi connectivity index (χ1v) is 7.21. The Labute approximate surface area is 119 Å². The van der Waals surface area contributed by atoms with Crippen LogP contribution >= 0.6 is 0 Å². The van der Waals surface area contributed by atoms with E-state index in [1.165, 1.54) is 0 Å². The molecule has 0 saturated carbocycles. The van der Waals surface area contributed by atoms with Crippen molar-refractivity contribution >= 4 is 11.8 Å². The summed E-state index contributed by atoms with van der Waals surface area (Å²) in [4.78, 5) is 25.1. The van der Waals surface area contributed by atoms with Gasteiger partial charge in [-0.15, -0.1) is 0 Å². The van der Waals surface area contributed by atoms with E-state index in [0.29, 0.717) is 13.1 Å². The minimum Gasteiger partial charge on any atom is -0.396 e. The van der Waals surface area contributed by atoms with E-state index >= 15 is 0 Å². The van der Waals surface area contributed by atoms with Crippen LogP contribution in [-0.4, -0.2) is 74.4 Å². The molecule has 0 aromatic carbocycles. The van der Waals surface area contributed by atoms with Gasteiger partial charge in [0.05, 0.1) is 13.2 Å². The average Bonchev–Trinajstić information content (AvgIpc) is 2.47. The molecule has 0 aliphatic carbocycles. The van der Waals surface area contributed by atoms with Crippen molar-refractivity contribution in [3.63, 3.8) is 0 Å². The van der Waals surface area contributed by atoms with Crippen LogP contribution in [0.5, 0.6) is 0 Å². The number of amides is 2. The number of ether oxygens (including phenoxy) is 1. The Morgan fingerprint density at radius 2 is 1.65 bits per heavy atom. The van der Waals surface area contributed by atoms with Crippen molar-refractivity contribution in [3.05, 3.63) is 0 Å². The van der Waals surface area contributed by atoms with Crippen LogP contribution in [0, 0.1) is 0 Å². The van der Waals surface area contributed by atoms with Crippen LogP contribution in [0.1, 0.15) is 19.3 Å². The van der Waals surface area contributed by atoms with E-state index in [4.69, 9.17) is 9.84 Å². The van der Waals surface area contributed by atoms with Crippen molar-refractivity contribution in [2.75, 3.05) is 52.5 Å². The molecule has 20 heavy (non-hydrogen) atoms. The fourth-order valence-corrected chi connectivity index (χ4v) is 1.93. The number of carbonyl (C=O) groups excluding carboxylic acids is 2. The van der Waals surface area contributed by atoms with Crippen LogP contribution in [-0.2, 0) is 14.3 Å². The fraction of sp³-hybridized carbons (Fsp3) is 0.846. The lowest BCUT2D eigenvalue weighted by Gasteiger charge is -2.26. The number of nitrogens with one attached hydrogen (secondary N) is 2. The Morgan fingerprint density at radius 3 is 2.30 bits per heavy atom. The van der Waals surface area contributed by atoms with E-state index in [-0.39, 0.29) is 6.61 Å². The first-order valence-electron chi connectivity index (χ1n) is 7.21. The molecule has 1 rings (SSSR count). The molecule has 0 bridgehead atoms. The maximum absolute atomic E-state index is 11.5. The molecule has 1 fully saturated rings. The van der Waals surface area contributed by atoms with E-state index in [9.17, 15) is 9.59 Å². The zero-order chi connectivity index (χ0) is 14.6. The zero-order valence-electron chi connectivity index (χ0n) is 11.9. The smallest absolute Gasteiger partial charge is 0.309 e. The summed E-state index contributed by atoms with van der Waals surface area (Å²) in [6.07, 6.45) is 2.34. The average molecular weight is 287 g/mol. The number of carbonyl (C=O) groups is 2. The molecule has 1 aliphatic heterocycles. The van der Waals surface area contributed by atoms with Crippen LogP contribution < -0.4 is 10.6 Å². The molecule has 116 valence electrons. The van der Waals surface area contributed by atoms with Crippen molar-refractivity contribution in [1.82, 2.24) is 15.5 Å². The van der Waals surface area contributed by atoms with Gasteiger partial charge in [0.25, 0.3) is 0 Å². The molecule has 3 N–H and O–H groups in total. The molecule has 1 saturated heterocycles. The SMILES string of the molecule is O=C(NCCCCCO)C(=O)NCCN1CCOCC1. The lowest BCUT2D eigenvalue weighted by molar-refractivity contribution is -0.139. The lowest BCUT2D eigenvalue weighted by atomic mass is 10.2. The molecule has 2 amide bonds. The predicted octanol–water partition coefficient (Wildman–Crippen LogP) is -1.29. The van der Waals surface area contributed by atoms with Crippen LogP contribution in [0.2, 0.25) is 0 Å². The third-order valence-electron chi connectivity index (χ3n) is 3.14. The second-order valence-corrected chi connectivity index (χ2v) is 4.75. The van der Waals surface area contributed by atoms with Crippen LogP contribution in [0.3, 0.4) is 0 Å². The molecule has 0 aromatic heterocycles. The Hall–Kier alpha value is -1.18. The van der Waals surface area contributed by atoms with Gasteiger partial charge in [-0.2, -0.15) is 0 Å². The van der Waals surface area contributed by atoms with Crippen LogP contribution in [0.4, 0.5) is 0 Å². The lowest BCUT2D eigenvalue weighted by Crippen LogP contribution is -2.45. The zero-order valence-corrected chi connectivity index (χ0v) is 11.9. The molecule has 0 atom stereocenters. The Morgan fingerprint density at radius 1 is 1.00 bits per heavy atom. The van der Waals surface area contributed by atoms with E-state index in [2.05, 4.69) is 15.5 Å². The molecule has 7 nitrogen and oxygen atoms in total. The number of aliphatic hydroxyl groups is 1. The van der Waals surface area contributed by atoms with Gasteiger partial charge in [-0.3, -0.25) is 14.5 Å². The van der Waals surface area contributed by atoms with Gasteiger partial charge in [-0.25, -0.2) is 0 Å². The van der Waals surface area contributed by atoms with E-state index < -0.39 is 11.8 Å². The van der Waals surface area contributed by atoms with Gasteiger partial charge in [0.1, 0.15) is 0 Å². The maximum atomic E-state index is 11.5. The number of unbranched alkanes of at least 4 members (excludes halogenated alkanes) is 2. The highest BCUT2D eigenvalue weighted by Gasteiger charge is 2.14. The summed E-state index contributed by atoms with van der Waals surface area (Å²) in [5.74, 6) is -1.17. The second kappa shape index (κ2) is 10.6. The summed E-state index contributed by atoms with van der Waals surface area (Å²) in [6, 6.07) is 0. The fourth-order valence-electron chi connectivity index (χ4n) is 1.93. The van der Waals surface area contributed by atoms with Gasteiger partial charge < -0.3 is 20.5 Å². The third kappa shape index (κ3) is 7.42. The van der Waals surface area contributed by atoms with Crippen molar-refractivity contribution in [1.29, 1.82) is 0 Å². The Kier molecular flexibility index (Phi) is 8.93. The molecular weight excluding hydrogens is 262 g/mol. The third-order valence-corrected chi connectivity index (χ3v) is 3.14. The molecule has 1 aliphatic rings. The highest BCUT2D eigenvalue weighted by molar-refractivity contribution is 6.35. The van der Waals surface area contributed by atoms with Crippen molar-refractivity contribution in [2.24, 2.45) is 0 Å². The normalized spacial score (nSPS) is 15.8. The van der Waals surface area contributed by atoms with Crippen LogP contribution in [0.25, 0.3) is 0 Å². The monoisotopic (exact) mass is 287 g/mol. The van der Waals surface area contributed by atoms with Gasteiger partial charge in [0, 0.05) is 39.3 Å². The van der Waals surface area contributed by atoms with Gasteiger partial charge in [0.2, 0.25) is 0 Å². The summed E-state index contributed by atoms with van der Waals surface area (Å²) in [7, 11) is 0. The topological polar surface area (TPSA) is 90.9 Å². The number of hydrogen-bond acceptors (Lipinski definition) is 5. The second-order valence-electron chi connectivity index (χ2n) is 4.75. The summed E-state index contributed by atoms with van der Waals surface area (Å²) < 4.78 is 5.23. The number of aliphatic hydroxyl groups excluding tert-OH is 1. The van der Waals surface area contributed by atoms with Crippen molar-refractivity contribution in [3.8, 4) is 0 Å². The standard InChI is InChI=1S/C13H25N3O4/c17-9-3-1-2-4-14-12(18)13(19)15-5-6-16-7-10-20-11-8-16/h17H,1-11H2,(H,14,18)(H,15,19). The van der Waals surface area contributed by atoms with Crippen molar-refractivity contribution < 1.29 is 19.4 Å². The largest absolute Gasteiger partial charge is 0.396 e. The molecular formula is C13H25N3O4. The highest BCUT2D eigenvalue weighted by Crippen LogP contribution is 1.94. The molecule has 0 unspecified atom stereocenters. The molecule has 0 spiro atoms. The van der Waals surface area contributed by atoms with Gasteiger partial charge in [-0.1, -0.05) is 0 Å². The number of morpholine rings is 1. The summed E-state index contributed by atoms with van der Waals surface area (Å²) in [5.41, 5.74) is 0. The van der Waals surface area contributed by atoms with E-state index in [1.54, 1.807) is 0 Å². The van der Waals surface area contributed by atoms with Gasteiger partial charge >= 0.3 is 11.8 Å². The molecule has 0 radical (unpaired) electrons. The van der Waals surface area contributed by atoms with Gasteiger partial charge in [0.15, 0.2) is 0 Å². The summed E-state index contributed by atoms with van der Waals surface area (Å²) in [6.45, 7) is 5.02. The number of nitrogens with zero attached hydrogens (tertiary/aromatic N) is 1.